The Hall–Kier alpha value is -3.90. The van der Waals surface area contributed by atoms with Gasteiger partial charge in [-0.25, -0.2) is 4.39 Å². The number of ether oxygens (including phenoxy) is 1. The van der Waals surface area contributed by atoms with Gasteiger partial charge in [0.2, 0.25) is 5.91 Å². The molecule has 0 saturated carbocycles. The molecule has 0 spiro atoms. The fraction of sp³-hybridized carbons (Fsp3) is 0.333. The molecule has 13 heteroatoms. The number of nitrogens with one attached hydrogen (secondary N) is 1. The Bertz CT molecular complexity index is 1570. The summed E-state index contributed by atoms with van der Waals surface area (Å²) in [5, 5.41) is 17.7. The van der Waals surface area contributed by atoms with Crippen LogP contribution in [-0.2, 0) is 27.3 Å². The number of fused-ring (bicyclic) bond motifs is 1. The van der Waals surface area contributed by atoms with Gasteiger partial charge in [0.1, 0.15) is 5.82 Å². The number of hydrogen-bond acceptors (Lipinski definition) is 8. The Kier molecular flexibility index (Phi) is 8.36. The highest BCUT2D eigenvalue weighted by molar-refractivity contribution is 7.17. The van der Waals surface area contributed by atoms with Crippen molar-refractivity contribution >= 4 is 56.5 Å². The van der Waals surface area contributed by atoms with Gasteiger partial charge in [-0.05, 0) is 48.7 Å². The molecule has 2 aromatic heterocycles. The van der Waals surface area contributed by atoms with E-state index in [1.165, 1.54) is 22.2 Å². The van der Waals surface area contributed by atoms with Crippen LogP contribution >= 0.6 is 22.9 Å². The van der Waals surface area contributed by atoms with Crippen molar-refractivity contribution in [3.05, 3.63) is 69.6 Å². The Morgan fingerprint density at radius 3 is 2.90 bits per heavy atom. The van der Waals surface area contributed by atoms with E-state index in [9.17, 15) is 14.4 Å². The molecule has 1 saturated heterocycles. The van der Waals surface area contributed by atoms with Crippen LogP contribution in [0.5, 0.6) is 0 Å². The lowest BCUT2D eigenvalue weighted by molar-refractivity contribution is -0.143. The standard InChI is InChI=1S/C27H26ClFN6O4S/c1-2-39-25(37)9-11-35-32-26(31-33-35)22-7-5-10-34(22)24(36)13-16-12-19(28)21(14-20(16)29)30-27(38)18-15-40-23-8-4-3-6-17(18)23/h3-4,6,8,12,14-15,22H,2,5,7,9-11,13H2,1H3,(H,30,38). The van der Waals surface area contributed by atoms with E-state index < -0.39 is 17.8 Å². The van der Waals surface area contributed by atoms with Crippen LogP contribution in [0.3, 0.4) is 0 Å². The molecule has 0 radical (unpaired) electrons. The second kappa shape index (κ2) is 12.1. The van der Waals surface area contributed by atoms with Crippen LogP contribution in [0, 0.1) is 5.82 Å². The predicted molar refractivity (Wildman–Crippen MR) is 148 cm³/mol. The molecule has 1 aliphatic rings. The van der Waals surface area contributed by atoms with E-state index in [0.29, 0.717) is 31.0 Å². The maximum atomic E-state index is 15.1. The number of likely N-dealkylation sites (tertiary alicyclic amines) is 1. The number of carbonyl (C=O) groups is 3. The molecule has 4 aromatic rings. The Morgan fingerprint density at radius 1 is 1.25 bits per heavy atom. The van der Waals surface area contributed by atoms with Crippen molar-refractivity contribution < 1.29 is 23.5 Å². The summed E-state index contributed by atoms with van der Waals surface area (Å²) in [6.45, 7) is 2.71. The van der Waals surface area contributed by atoms with E-state index in [1.807, 2.05) is 24.3 Å². The third-order valence-electron chi connectivity index (χ3n) is 6.61. The largest absolute Gasteiger partial charge is 0.466 e. The molecular weight excluding hydrogens is 559 g/mol. The lowest BCUT2D eigenvalue weighted by atomic mass is 10.1. The van der Waals surface area contributed by atoms with E-state index in [2.05, 4.69) is 20.7 Å². The number of rotatable bonds is 9. The maximum Gasteiger partial charge on any atom is 0.307 e. The van der Waals surface area contributed by atoms with Crippen LogP contribution in [0.4, 0.5) is 10.1 Å². The molecule has 1 aliphatic heterocycles. The molecule has 1 fully saturated rings. The zero-order valence-electron chi connectivity index (χ0n) is 21.6. The summed E-state index contributed by atoms with van der Waals surface area (Å²) in [4.78, 5) is 40.6. The van der Waals surface area contributed by atoms with Crippen molar-refractivity contribution in [3.63, 3.8) is 0 Å². The van der Waals surface area contributed by atoms with E-state index in [1.54, 1.807) is 17.2 Å². The van der Waals surface area contributed by atoms with Crippen LogP contribution in [0.25, 0.3) is 10.1 Å². The minimum absolute atomic E-state index is 0.108. The molecule has 10 nitrogen and oxygen atoms in total. The average molecular weight is 585 g/mol. The van der Waals surface area contributed by atoms with Crippen molar-refractivity contribution in [1.29, 1.82) is 0 Å². The van der Waals surface area contributed by atoms with E-state index in [-0.39, 0.29) is 47.5 Å². The molecule has 3 heterocycles. The quantitative estimate of drug-likeness (QED) is 0.281. The highest BCUT2D eigenvalue weighted by Crippen LogP contribution is 2.32. The van der Waals surface area contributed by atoms with Gasteiger partial charge < -0.3 is 15.0 Å². The van der Waals surface area contributed by atoms with Crippen molar-refractivity contribution in [2.75, 3.05) is 18.5 Å². The summed E-state index contributed by atoms with van der Waals surface area (Å²) in [5.74, 6) is -1.34. The molecular formula is C27H26ClFN6O4S. The van der Waals surface area contributed by atoms with Crippen molar-refractivity contribution in [2.45, 2.75) is 45.2 Å². The first-order valence-corrected chi connectivity index (χ1v) is 14.1. The van der Waals surface area contributed by atoms with Crippen LogP contribution < -0.4 is 5.32 Å². The van der Waals surface area contributed by atoms with Crippen LogP contribution in [0.2, 0.25) is 5.02 Å². The number of nitrogens with zero attached hydrogens (tertiary/aromatic N) is 5. The first-order chi connectivity index (χ1) is 19.3. The van der Waals surface area contributed by atoms with Crippen LogP contribution in [0.15, 0.2) is 41.8 Å². The van der Waals surface area contributed by atoms with Gasteiger partial charge >= 0.3 is 5.97 Å². The van der Waals surface area contributed by atoms with E-state index in [0.717, 1.165) is 22.6 Å². The topological polar surface area (TPSA) is 119 Å². The second-order valence-electron chi connectivity index (χ2n) is 9.24. The number of aryl methyl sites for hydroxylation is 1. The Morgan fingerprint density at radius 2 is 2.08 bits per heavy atom. The summed E-state index contributed by atoms with van der Waals surface area (Å²) in [6.07, 6.45) is 1.26. The molecule has 208 valence electrons. The molecule has 40 heavy (non-hydrogen) atoms. The summed E-state index contributed by atoms with van der Waals surface area (Å²) >= 11 is 7.84. The van der Waals surface area contributed by atoms with Crippen molar-refractivity contribution in [2.24, 2.45) is 0 Å². The number of thiophene rings is 1. The van der Waals surface area contributed by atoms with Gasteiger partial charge in [-0.1, -0.05) is 29.8 Å². The lowest BCUT2D eigenvalue weighted by Gasteiger charge is -2.22. The first kappa shape index (κ1) is 27.7. The van der Waals surface area contributed by atoms with Crippen molar-refractivity contribution in [1.82, 2.24) is 25.1 Å². The molecule has 0 aliphatic carbocycles. The smallest absolute Gasteiger partial charge is 0.307 e. The van der Waals surface area contributed by atoms with E-state index in [4.69, 9.17) is 16.3 Å². The summed E-state index contributed by atoms with van der Waals surface area (Å²) in [5.41, 5.74) is 0.715. The minimum atomic E-state index is -0.651. The average Bonchev–Trinajstić information content (AvgIpc) is 3.69. The van der Waals surface area contributed by atoms with Gasteiger partial charge in [-0.2, -0.15) is 4.80 Å². The summed E-state index contributed by atoms with van der Waals surface area (Å²) in [7, 11) is 0. The normalized spacial score (nSPS) is 15.0. The summed E-state index contributed by atoms with van der Waals surface area (Å²) < 4.78 is 21.0. The van der Waals surface area contributed by atoms with Gasteiger partial charge in [0.15, 0.2) is 5.82 Å². The van der Waals surface area contributed by atoms with Crippen LogP contribution in [0.1, 0.15) is 54.0 Å². The minimum Gasteiger partial charge on any atom is -0.466 e. The molecule has 2 aromatic carbocycles. The second-order valence-corrected chi connectivity index (χ2v) is 10.6. The number of aromatic nitrogens is 4. The molecule has 2 amide bonds. The summed E-state index contributed by atoms with van der Waals surface area (Å²) in [6, 6.07) is 9.61. The Balaban J connectivity index is 1.24. The Labute approximate surface area is 238 Å². The number of halogens is 2. The number of benzene rings is 2. The highest BCUT2D eigenvalue weighted by Gasteiger charge is 2.33. The predicted octanol–water partition coefficient (Wildman–Crippen LogP) is 4.79. The number of hydrogen-bond donors (Lipinski definition) is 1. The molecule has 0 bridgehead atoms. The van der Waals surface area contributed by atoms with Gasteiger partial charge in [-0.15, -0.1) is 21.5 Å². The van der Waals surface area contributed by atoms with Crippen LogP contribution in [-0.4, -0.2) is 56.0 Å². The monoisotopic (exact) mass is 584 g/mol. The first-order valence-electron chi connectivity index (χ1n) is 12.8. The fourth-order valence-corrected chi connectivity index (χ4v) is 5.84. The molecule has 1 N–H and O–H groups in total. The fourth-order valence-electron chi connectivity index (χ4n) is 4.67. The van der Waals surface area contributed by atoms with Gasteiger partial charge in [0.25, 0.3) is 5.91 Å². The van der Waals surface area contributed by atoms with Gasteiger partial charge in [0.05, 0.1) is 48.3 Å². The maximum absolute atomic E-state index is 15.1. The van der Waals surface area contributed by atoms with Gasteiger partial charge in [0, 0.05) is 22.0 Å². The third kappa shape index (κ3) is 5.97. The van der Waals surface area contributed by atoms with Gasteiger partial charge in [-0.3, -0.25) is 14.4 Å². The number of tetrazole rings is 1. The van der Waals surface area contributed by atoms with E-state index >= 15 is 4.39 Å². The lowest BCUT2D eigenvalue weighted by Crippen LogP contribution is -2.32. The zero-order valence-corrected chi connectivity index (χ0v) is 23.2. The SMILES string of the molecule is CCOC(=O)CCn1nnc(C2CCCN2C(=O)Cc2cc(Cl)c(NC(=O)c3csc4ccccc34)cc2F)n1. The number of carbonyl (C=O) groups excluding carboxylic acids is 3. The zero-order chi connectivity index (χ0) is 28.2. The number of esters is 1. The molecule has 1 atom stereocenters. The third-order valence-corrected chi connectivity index (χ3v) is 7.89. The molecule has 5 rings (SSSR count). The van der Waals surface area contributed by atoms with Crippen molar-refractivity contribution in [3.8, 4) is 0 Å². The number of amides is 2. The number of anilines is 1. The highest BCUT2D eigenvalue weighted by atomic mass is 35.5. The molecule has 1 unspecified atom stereocenters.